The Morgan fingerprint density at radius 1 is 1.33 bits per heavy atom. The molecular weight excluding hydrogens is 294 g/mol. The minimum atomic E-state index is -3.35. The van der Waals surface area contributed by atoms with E-state index >= 15 is 0 Å². The van der Waals surface area contributed by atoms with E-state index in [2.05, 4.69) is 10.0 Å². The molecule has 2 amide bonds. The fourth-order valence-electron chi connectivity index (χ4n) is 2.12. The van der Waals surface area contributed by atoms with Crippen molar-refractivity contribution in [3.63, 3.8) is 0 Å². The number of nitrogens with one attached hydrogen (secondary N) is 2. The number of amides is 2. The number of carbonyl (C=O) groups excluding carboxylic acids is 2. The molecule has 114 valence electrons. The summed E-state index contributed by atoms with van der Waals surface area (Å²) in [6.07, 6.45) is 1.06. The number of carbonyl (C=O) groups is 2. The summed E-state index contributed by atoms with van der Waals surface area (Å²) in [5.74, 6) is -0.423. The van der Waals surface area contributed by atoms with Crippen molar-refractivity contribution in [2.45, 2.75) is 13.0 Å². The molecule has 1 aliphatic rings. The second-order valence-electron chi connectivity index (χ2n) is 4.92. The third-order valence-electron chi connectivity index (χ3n) is 3.19. The molecule has 1 aromatic rings. The zero-order valence-electron chi connectivity index (χ0n) is 11.8. The highest BCUT2D eigenvalue weighted by Gasteiger charge is 2.29. The maximum atomic E-state index is 12.4. The van der Waals surface area contributed by atoms with Crippen LogP contribution in [0.3, 0.4) is 0 Å². The quantitative estimate of drug-likeness (QED) is 0.822. The minimum Gasteiger partial charge on any atom is -0.353 e. The van der Waals surface area contributed by atoms with Gasteiger partial charge in [0.05, 0.1) is 6.26 Å². The van der Waals surface area contributed by atoms with Crippen molar-refractivity contribution in [3.8, 4) is 0 Å². The van der Waals surface area contributed by atoms with Gasteiger partial charge in [0.1, 0.15) is 6.04 Å². The number of nitrogens with zero attached hydrogens (tertiary/aromatic N) is 1. The van der Waals surface area contributed by atoms with Gasteiger partial charge >= 0.3 is 0 Å². The third kappa shape index (κ3) is 3.72. The second kappa shape index (κ2) is 5.72. The van der Waals surface area contributed by atoms with Crippen LogP contribution < -0.4 is 10.0 Å². The summed E-state index contributed by atoms with van der Waals surface area (Å²) >= 11 is 0. The Morgan fingerprint density at radius 3 is 2.52 bits per heavy atom. The van der Waals surface area contributed by atoms with Crippen LogP contribution in [0.15, 0.2) is 24.3 Å². The van der Waals surface area contributed by atoms with E-state index in [1.54, 1.807) is 6.92 Å². The van der Waals surface area contributed by atoms with Crippen molar-refractivity contribution in [1.29, 1.82) is 0 Å². The zero-order valence-corrected chi connectivity index (χ0v) is 12.6. The van der Waals surface area contributed by atoms with Gasteiger partial charge in [-0.25, -0.2) is 8.42 Å². The molecule has 0 aliphatic carbocycles. The summed E-state index contributed by atoms with van der Waals surface area (Å²) in [5, 5.41) is 2.69. The maximum absolute atomic E-state index is 12.4. The number of rotatable bonds is 3. The van der Waals surface area contributed by atoms with Crippen LogP contribution in [0.2, 0.25) is 0 Å². The second-order valence-corrected chi connectivity index (χ2v) is 6.67. The molecule has 1 saturated heterocycles. The van der Waals surface area contributed by atoms with E-state index in [0.717, 1.165) is 6.26 Å². The Labute approximate surface area is 123 Å². The van der Waals surface area contributed by atoms with Crippen LogP contribution in [0.1, 0.15) is 17.3 Å². The van der Waals surface area contributed by atoms with E-state index in [4.69, 9.17) is 0 Å². The molecule has 7 nitrogen and oxygen atoms in total. The van der Waals surface area contributed by atoms with Gasteiger partial charge in [0, 0.05) is 24.3 Å². The van der Waals surface area contributed by atoms with Crippen molar-refractivity contribution in [3.05, 3.63) is 29.8 Å². The SMILES string of the molecule is CC1C(=O)NCCN1C(=O)c1ccc(NS(C)(=O)=O)cc1. The molecule has 1 aromatic carbocycles. The van der Waals surface area contributed by atoms with Crippen LogP contribution in [0.5, 0.6) is 0 Å². The molecular formula is C13H17N3O4S. The lowest BCUT2D eigenvalue weighted by atomic mass is 10.1. The third-order valence-corrected chi connectivity index (χ3v) is 3.80. The smallest absolute Gasteiger partial charge is 0.254 e. The lowest BCUT2D eigenvalue weighted by Crippen LogP contribution is -2.55. The lowest BCUT2D eigenvalue weighted by molar-refractivity contribution is -0.127. The van der Waals surface area contributed by atoms with Crippen LogP contribution in [0.25, 0.3) is 0 Å². The first kappa shape index (κ1) is 15.3. The Kier molecular flexibility index (Phi) is 4.17. The largest absolute Gasteiger partial charge is 0.353 e. The van der Waals surface area contributed by atoms with Crippen LogP contribution in [0.4, 0.5) is 5.69 Å². The molecule has 2 N–H and O–H groups in total. The van der Waals surface area contributed by atoms with Gasteiger partial charge in [-0.3, -0.25) is 14.3 Å². The van der Waals surface area contributed by atoms with Gasteiger partial charge in [-0.1, -0.05) is 0 Å². The molecule has 0 saturated carbocycles. The molecule has 21 heavy (non-hydrogen) atoms. The van der Waals surface area contributed by atoms with Gasteiger partial charge in [0.25, 0.3) is 5.91 Å². The van der Waals surface area contributed by atoms with E-state index < -0.39 is 16.1 Å². The molecule has 1 fully saturated rings. The van der Waals surface area contributed by atoms with E-state index in [9.17, 15) is 18.0 Å². The highest BCUT2D eigenvalue weighted by molar-refractivity contribution is 7.92. The highest BCUT2D eigenvalue weighted by Crippen LogP contribution is 2.15. The zero-order chi connectivity index (χ0) is 15.6. The lowest BCUT2D eigenvalue weighted by Gasteiger charge is -2.32. The number of piperazine rings is 1. The summed E-state index contributed by atoms with van der Waals surface area (Å²) in [5.41, 5.74) is 0.800. The van der Waals surface area contributed by atoms with Gasteiger partial charge in [-0.15, -0.1) is 0 Å². The maximum Gasteiger partial charge on any atom is 0.254 e. The fourth-order valence-corrected chi connectivity index (χ4v) is 2.68. The molecule has 1 unspecified atom stereocenters. The standard InChI is InChI=1S/C13H17N3O4S/c1-9-12(17)14-7-8-16(9)13(18)10-3-5-11(6-4-10)15-21(2,19)20/h3-6,9,15H,7-8H2,1-2H3,(H,14,17). The van der Waals surface area contributed by atoms with Gasteiger partial charge in [0.2, 0.25) is 15.9 Å². The number of anilines is 1. The van der Waals surface area contributed by atoms with Crippen molar-refractivity contribution in [2.24, 2.45) is 0 Å². The predicted octanol–water partition coefficient (Wildman–Crippen LogP) is 0.0186. The molecule has 0 aromatic heterocycles. The predicted molar refractivity (Wildman–Crippen MR) is 78.4 cm³/mol. The van der Waals surface area contributed by atoms with Crippen molar-refractivity contribution < 1.29 is 18.0 Å². The molecule has 2 rings (SSSR count). The summed E-state index contributed by atoms with van der Waals surface area (Å²) in [6.45, 7) is 2.56. The van der Waals surface area contributed by atoms with Crippen molar-refractivity contribution in [1.82, 2.24) is 10.2 Å². The van der Waals surface area contributed by atoms with Gasteiger partial charge in [0.15, 0.2) is 0 Å². The number of benzene rings is 1. The molecule has 0 bridgehead atoms. The van der Waals surface area contributed by atoms with Crippen LogP contribution in [-0.4, -0.2) is 50.5 Å². The molecule has 8 heteroatoms. The minimum absolute atomic E-state index is 0.176. The van der Waals surface area contributed by atoms with E-state index in [-0.39, 0.29) is 11.8 Å². The Morgan fingerprint density at radius 2 is 1.95 bits per heavy atom. The summed E-state index contributed by atoms with van der Waals surface area (Å²) in [6, 6.07) is 5.59. The molecule has 1 aliphatic heterocycles. The van der Waals surface area contributed by atoms with Gasteiger partial charge in [-0.05, 0) is 31.2 Å². The molecule has 0 radical (unpaired) electrons. The van der Waals surface area contributed by atoms with Gasteiger partial charge < -0.3 is 10.2 Å². The first-order valence-corrected chi connectivity index (χ1v) is 8.33. The van der Waals surface area contributed by atoms with Crippen LogP contribution >= 0.6 is 0 Å². The normalized spacial score (nSPS) is 19.0. The van der Waals surface area contributed by atoms with E-state index in [1.165, 1.54) is 29.2 Å². The van der Waals surface area contributed by atoms with E-state index in [0.29, 0.717) is 24.3 Å². The number of sulfonamides is 1. The van der Waals surface area contributed by atoms with Gasteiger partial charge in [-0.2, -0.15) is 0 Å². The summed E-state index contributed by atoms with van der Waals surface area (Å²) in [7, 11) is -3.35. The molecule has 0 spiro atoms. The average molecular weight is 311 g/mol. The number of hydrogen-bond donors (Lipinski definition) is 2. The number of hydrogen-bond acceptors (Lipinski definition) is 4. The summed E-state index contributed by atoms with van der Waals surface area (Å²) in [4.78, 5) is 25.4. The van der Waals surface area contributed by atoms with Crippen molar-refractivity contribution >= 4 is 27.5 Å². The van der Waals surface area contributed by atoms with Crippen LogP contribution in [-0.2, 0) is 14.8 Å². The summed E-state index contributed by atoms with van der Waals surface area (Å²) < 4.78 is 24.6. The highest BCUT2D eigenvalue weighted by atomic mass is 32.2. The average Bonchev–Trinajstić information content (AvgIpc) is 2.40. The molecule has 1 heterocycles. The first-order chi connectivity index (χ1) is 9.78. The Bertz CT molecular complexity index is 654. The van der Waals surface area contributed by atoms with E-state index in [1.807, 2.05) is 0 Å². The monoisotopic (exact) mass is 311 g/mol. The Hall–Kier alpha value is -2.09. The molecule has 1 atom stereocenters. The van der Waals surface area contributed by atoms with Crippen LogP contribution in [0, 0.1) is 0 Å². The Balaban J connectivity index is 2.14. The fraction of sp³-hybridized carbons (Fsp3) is 0.385. The topological polar surface area (TPSA) is 95.6 Å². The van der Waals surface area contributed by atoms with Crippen molar-refractivity contribution in [2.75, 3.05) is 24.1 Å². The first-order valence-electron chi connectivity index (χ1n) is 6.44.